The van der Waals surface area contributed by atoms with Crippen molar-refractivity contribution in [2.45, 2.75) is 18.7 Å². The number of rotatable bonds is 7. The molecule has 3 amide bonds. The molecule has 0 saturated heterocycles. The Morgan fingerprint density at radius 2 is 1.92 bits per heavy atom. The van der Waals surface area contributed by atoms with Gasteiger partial charge in [0, 0.05) is 19.8 Å². The van der Waals surface area contributed by atoms with Gasteiger partial charge >= 0.3 is 12.0 Å². The molecule has 0 spiro atoms. The molecule has 11 heteroatoms. The highest BCUT2D eigenvalue weighted by molar-refractivity contribution is 7.89. The minimum atomic E-state index is -3.70. The fraction of sp³-hybridized carbons (Fsp3) is 0.500. The zero-order chi connectivity index (χ0) is 19.2. The van der Waals surface area contributed by atoms with Crippen LogP contribution < -0.4 is 15.4 Å². The molecule has 0 bridgehead atoms. The maximum absolute atomic E-state index is 12.0. The van der Waals surface area contributed by atoms with Crippen molar-refractivity contribution in [2.24, 2.45) is 13.0 Å². The van der Waals surface area contributed by atoms with Crippen molar-refractivity contribution in [1.29, 1.82) is 0 Å². The second-order valence-corrected chi connectivity index (χ2v) is 7.49. The third-order valence-electron chi connectivity index (χ3n) is 3.03. The third-order valence-corrected chi connectivity index (χ3v) is 4.41. The van der Waals surface area contributed by atoms with Crippen LogP contribution in [0.1, 0.15) is 24.3 Å². The fourth-order valence-corrected chi connectivity index (χ4v) is 2.51. The number of nitrogens with zero attached hydrogens (tertiary/aromatic N) is 1. The molecule has 1 aromatic rings. The smallest absolute Gasteiger partial charge is 0.355 e. The van der Waals surface area contributed by atoms with Crippen LogP contribution >= 0.6 is 0 Å². The standard InChI is InChI=1S/C14H22N4O6S/c1-9(2)6-16-14(21)17-12(19)8-24-13(20)11-5-10(7-18(11)4)25(22,23)15-3/h5,7,9,15H,6,8H2,1-4H3,(H2,16,17,19,21). The van der Waals surface area contributed by atoms with Crippen molar-refractivity contribution < 1.29 is 27.5 Å². The number of sulfonamides is 1. The molecule has 3 N–H and O–H groups in total. The van der Waals surface area contributed by atoms with E-state index in [1.54, 1.807) is 0 Å². The van der Waals surface area contributed by atoms with Gasteiger partial charge in [-0.3, -0.25) is 10.1 Å². The quantitative estimate of drug-likeness (QED) is 0.554. The van der Waals surface area contributed by atoms with Crippen LogP contribution in [0.2, 0.25) is 0 Å². The molecule has 0 aromatic carbocycles. The summed E-state index contributed by atoms with van der Waals surface area (Å²) in [6.07, 6.45) is 1.24. The highest BCUT2D eigenvalue weighted by Gasteiger charge is 2.21. The van der Waals surface area contributed by atoms with Gasteiger partial charge in [-0.15, -0.1) is 0 Å². The van der Waals surface area contributed by atoms with Crippen molar-refractivity contribution >= 4 is 27.9 Å². The lowest BCUT2D eigenvalue weighted by Crippen LogP contribution is -2.42. The van der Waals surface area contributed by atoms with Crippen LogP contribution in [0.4, 0.5) is 4.79 Å². The molecule has 0 aliphatic rings. The van der Waals surface area contributed by atoms with Gasteiger partial charge in [0.15, 0.2) is 6.61 Å². The summed E-state index contributed by atoms with van der Waals surface area (Å²) in [6.45, 7) is 3.51. The Morgan fingerprint density at radius 1 is 1.28 bits per heavy atom. The van der Waals surface area contributed by atoms with Gasteiger partial charge in [-0.25, -0.2) is 22.7 Å². The Hall–Kier alpha value is -2.40. The molecule has 1 heterocycles. The maximum atomic E-state index is 12.0. The van der Waals surface area contributed by atoms with E-state index in [1.807, 2.05) is 19.2 Å². The number of nitrogens with one attached hydrogen (secondary N) is 3. The topological polar surface area (TPSA) is 136 Å². The molecule has 0 aliphatic carbocycles. The first-order valence-electron chi connectivity index (χ1n) is 7.41. The average molecular weight is 374 g/mol. The second-order valence-electron chi connectivity index (χ2n) is 5.61. The van der Waals surface area contributed by atoms with Crippen LogP contribution in [0, 0.1) is 5.92 Å². The fourth-order valence-electron chi connectivity index (χ4n) is 1.71. The van der Waals surface area contributed by atoms with Crippen LogP contribution in [-0.4, -0.2) is 51.1 Å². The van der Waals surface area contributed by atoms with Crippen molar-refractivity contribution in [3.05, 3.63) is 18.0 Å². The van der Waals surface area contributed by atoms with E-state index in [2.05, 4.69) is 10.0 Å². The van der Waals surface area contributed by atoms with Gasteiger partial charge in [0.2, 0.25) is 10.0 Å². The number of ether oxygens (including phenoxy) is 1. The summed E-state index contributed by atoms with van der Waals surface area (Å²) in [5.41, 5.74) is -0.0501. The number of hydrogen-bond acceptors (Lipinski definition) is 6. The molecular formula is C14H22N4O6S. The molecule has 1 aromatic heterocycles. The number of carbonyl (C=O) groups excluding carboxylic acids is 3. The Balaban J connectivity index is 2.60. The summed E-state index contributed by atoms with van der Waals surface area (Å²) in [7, 11) is -0.997. The van der Waals surface area contributed by atoms with Gasteiger partial charge in [-0.05, 0) is 19.0 Å². The number of esters is 1. The SMILES string of the molecule is CNS(=O)(=O)c1cc(C(=O)OCC(=O)NC(=O)NCC(C)C)n(C)c1. The molecule has 0 atom stereocenters. The lowest BCUT2D eigenvalue weighted by atomic mass is 10.2. The van der Waals surface area contributed by atoms with Crippen LogP contribution in [0.15, 0.2) is 17.2 Å². The van der Waals surface area contributed by atoms with Gasteiger partial charge in [0.1, 0.15) is 10.6 Å². The average Bonchev–Trinajstić information content (AvgIpc) is 2.93. The van der Waals surface area contributed by atoms with E-state index in [1.165, 1.54) is 24.9 Å². The molecule has 0 aliphatic heterocycles. The summed E-state index contributed by atoms with van der Waals surface area (Å²) in [4.78, 5) is 34.8. The number of aromatic nitrogens is 1. The van der Waals surface area contributed by atoms with Gasteiger partial charge in [0.05, 0.1) is 0 Å². The van der Waals surface area contributed by atoms with E-state index < -0.39 is 34.5 Å². The molecule has 25 heavy (non-hydrogen) atoms. The summed E-state index contributed by atoms with van der Waals surface area (Å²) >= 11 is 0. The summed E-state index contributed by atoms with van der Waals surface area (Å²) in [5, 5.41) is 4.50. The van der Waals surface area contributed by atoms with Gasteiger partial charge in [0.25, 0.3) is 5.91 Å². The summed E-state index contributed by atoms with van der Waals surface area (Å²) < 4.78 is 31.6. The van der Waals surface area contributed by atoms with Gasteiger partial charge in [-0.2, -0.15) is 0 Å². The van der Waals surface area contributed by atoms with Gasteiger partial charge < -0.3 is 14.6 Å². The zero-order valence-electron chi connectivity index (χ0n) is 14.5. The number of imide groups is 1. The highest BCUT2D eigenvalue weighted by atomic mass is 32.2. The number of urea groups is 1. The van der Waals surface area contributed by atoms with Gasteiger partial charge in [-0.1, -0.05) is 13.8 Å². The predicted octanol–water partition coefficient (Wildman–Crippen LogP) is -0.428. The molecular weight excluding hydrogens is 352 g/mol. The molecule has 1 rings (SSSR count). The Kier molecular flexibility index (Phi) is 7.12. The molecule has 10 nitrogen and oxygen atoms in total. The predicted molar refractivity (Wildman–Crippen MR) is 88.3 cm³/mol. The summed E-state index contributed by atoms with van der Waals surface area (Å²) in [5.74, 6) is -1.47. The molecule has 0 saturated carbocycles. The van der Waals surface area contributed by atoms with Crippen LogP contribution in [0.5, 0.6) is 0 Å². The lowest BCUT2D eigenvalue weighted by Gasteiger charge is -2.09. The lowest BCUT2D eigenvalue weighted by molar-refractivity contribution is -0.123. The normalized spacial score (nSPS) is 11.2. The van der Waals surface area contributed by atoms with Crippen molar-refractivity contribution in [3.63, 3.8) is 0 Å². The largest absolute Gasteiger partial charge is 0.451 e. The van der Waals surface area contributed by atoms with Crippen LogP contribution in [0.25, 0.3) is 0 Å². The van der Waals surface area contributed by atoms with E-state index in [0.29, 0.717) is 6.54 Å². The monoisotopic (exact) mass is 374 g/mol. The molecule has 0 fully saturated rings. The second kappa shape index (κ2) is 8.62. The Bertz CT molecular complexity index is 753. The van der Waals surface area contributed by atoms with Crippen molar-refractivity contribution in [3.8, 4) is 0 Å². The summed E-state index contributed by atoms with van der Waals surface area (Å²) in [6, 6.07) is 0.442. The van der Waals surface area contributed by atoms with Crippen LogP contribution in [-0.2, 0) is 26.6 Å². The van der Waals surface area contributed by atoms with E-state index in [4.69, 9.17) is 4.74 Å². The first-order valence-corrected chi connectivity index (χ1v) is 8.90. The molecule has 0 radical (unpaired) electrons. The van der Waals surface area contributed by atoms with E-state index in [9.17, 15) is 22.8 Å². The maximum Gasteiger partial charge on any atom is 0.355 e. The number of hydrogen-bond donors (Lipinski definition) is 3. The van der Waals surface area contributed by atoms with Crippen LogP contribution in [0.3, 0.4) is 0 Å². The minimum Gasteiger partial charge on any atom is -0.451 e. The minimum absolute atomic E-state index is 0.0501. The molecule has 0 unspecified atom stereocenters. The molecule has 140 valence electrons. The van der Waals surface area contributed by atoms with E-state index >= 15 is 0 Å². The first-order chi connectivity index (χ1) is 11.6. The van der Waals surface area contributed by atoms with E-state index in [-0.39, 0.29) is 16.5 Å². The Labute approximate surface area is 146 Å². The highest BCUT2D eigenvalue weighted by Crippen LogP contribution is 2.13. The van der Waals surface area contributed by atoms with Crippen molar-refractivity contribution in [1.82, 2.24) is 19.9 Å². The zero-order valence-corrected chi connectivity index (χ0v) is 15.3. The number of aryl methyl sites for hydroxylation is 1. The number of carbonyl (C=O) groups is 3. The Morgan fingerprint density at radius 3 is 2.48 bits per heavy atom. The third kappa shape index (κ3) is 6.19. The van der Waals surface area contributed by atoms with Crippen molar-refractivity contribution in [2.75, 3.05) is 20.2 Å². The number of amides is 3. The first kappa shape index (κ1) is 20.6. The van der Waals surface area contributed by atoms with E-state index in [0.717, 1.165) is 6.07 Å².